The number of hydrogen-bond donors (Lipinski definition) is 0. The number of pyridine rings is 1. The zero-order valence-electron chi connectivity index (χ0n) is 9.59. The van der Waals surface area contributed by atoms with Crippen molar-refractivity contribution in [2.24, 2.45) is 0 Å². The van der Waals surface area contributed by atoms with Gasteiger partial charge < -0.3 is 4.42 Å². The summed E-state index contributed by atoms with van der Waals surface area (Å²) >= 11 is 1.54. The Bertz CT molecular complexity index is 495. The number of hydrogen-bond acceptors (Lipinski definition) is 5. The Morgan fingerprint density at radius 3 is 3.06 bits per heavy atom. The first-order valence-corrected chi connectivity index (χ1v) is 6.25. The first-order chi connectivity index (χ1) is 8.25. The van der Waals surface area contributed by atoms with Crippen LogP contribution in [0.1, 0.15) is 13.3 Å². The molecule has 0 atom stereocenters. The van der Waals surface area contributed by atoms with Gasteiger partial charge in [0.05, 0.1) is 5.56 Å². The summed E-state index contributed by atoms with van der Waals surface area (Å²) in [7, 11) is 0. The summed E-state index contributed by atoms with van der Waals surface area (Å²) in [5, 5.41) is 8.55. The Morgan fingerprint density at radius 2 is 2.35 bits per heavy atom. The van der Waals surface area contributed by atoms with Crippen LogP contribution in [0.5, 0.6) is 0 Å². The second-order valence-electron chi connectivity index (χ2n) is 3.67. The van der Waals surface area contributed by atoms with Crippen LogP contribution in [0.3, 0.4) is 0 Å². The summed E-state index contributed by atoms with van der Waals surface area (Å²) in [6.45, 7) is 5.86. The van der Waals surface area contributed by atoms with E-state index in [1.54, 1.807) is 24.2 Å². The van der Waals surface area contributed by atoms with Gasteiger partial charge >= 0.3 is 0 Å². The van der Waals surface area contributed by atoms with Crippen molar-refractivity contribution in [2.75, 3.05) is 5.75 Å². The Hall–Kier alpha value is -1.62. The predicted octanol–water partition coefficient (Wildman–Crippen LogP) is 3.19. The molecule has 0 N–H and O–H groups in total. The van der Waals surface area contributed by atoms with Gasteiger partial charge in [-0.15, -0.1) is 16.8 Å². The molecule has 2 rings (SSSR count). The van der Waals surface area contributed by atoms with Gasteiger partial charge in [0.25, 0.3) is 5.22 Å². The molecule has 2 aromatic heterocycles. The standard InChI is InChI=1S/C12H13N3OS/c1-9(2)5-7-17-12-15-14-11(16-12)10-4-3-6-13-8-10/h3-4,6,8H,1,5,7H2,2H3. The fraction of sp³-hybridized carbons (Fsp3) is 0.250. The molecule has 0 aliphatic rings. The molecular formula is C12H13N3OS. The van der Waals surface area contributed by atoms with Crippen LogP contribution < -0.4 is 0 Å². The minimum Gasteiger partial charge on any atom is -0.411 e. The highest BCUT2D eigenvalue weighted by Gasteiger charge is 2.08. The third kappa shape index (κ3) is 3.42. The maximum atomic E-state index is 5.52. The van der Waals surface area contributed by atoms with Crippen LogP contribution in [0.25, 0.3) is 11.5 Å². The van der Waals surface area contributed by atoms with E-state index in [2.05, 4.69) is 21.8 Å². The molecule has 0 aliphatic heterocycles. The number of aromatic nitrogens is 3. The Labute approximate surface area is 104 Å². The largest absolute Gasteiger partial charge is 0.411 e. The lowest BCUT2D eigenvalue weighted by molar-refractivity contribution is 0.466. The molecule has 17 heavy (non-hydrogen) atoms. The van der Waals surface area contributed by atoms with E-state index in [9.17, 15) is 0 Å². The second kappa shape index (κ2) is 5.63. The third-order valence-corrected chi connectivity index (χ3v) is 2.89. The molecule has 0 fully saturated rings. The highest BCUT2D eigenvalue weighted by atomic mass is 32.2. The minimum absolute atomic E-state index is 0.510. The van der Waals surface area contributed by atoms with Gasteiger partial charge in [-0.3, -0.25) is 4.98 Å². The lowest BCUT2D eigenvalue weighted by Gasteiger charge is -1.95. The zero-order valence-corrected chi connectivity index (χ0v) is 10.4. The number of nitrogens with zero attached hydrogens (tertiary/aromatic N) is 3. The number of thioether (sulfide) groups is 1. The van der Waals surface area contributed by atoms with E-state index >= 15 is 0 Å². The van der Waals surface area contributed by atoms with E-state index in [4.69, 9.17) is 4.42 Å². The Balaban J connectivity index is 1.99. The lowest BCUT2D eigenvalue weighted by Crippen LogP contribution is -1.80. The Kier molecular flexibility index (Phi) is 3.93. The first kappa shape index (κ1) is 11.9. The molecule has 4 nitrogen and oxygen atoms in total. The molecule has 0 radical (unpaired) electrons. The minimum atomic E-state index is 0.510. The van der Waals surface area contributed by atoms with Crippen molar-refractivity contribution in [3.63, 3.8) is 0 Å². The summed E-state index contributed by atoms with van der Waals surface area (Å²) in [6.07, 6.45) is 4.37. The van der Waals surface area contributed by atoms with E-state index in [1.807, 2.05) is 19.1 Å². The van der Waals surface area contributed by atoms with Crippen molar-refractivity contribution in [1.82, 2.24) is 15.2 Å². The van der Waals surface area contributed by atoms with Crippen molar-refractivity contribution in [2.45, 2.75) is 18.6 Å². The third-order valence-electron chi connectivity index (χ3n) is 2.07. The smallest absolute Gasteiger partial charge is 0.276 e. The predicted molar refractivity (Wildman–Crippen MR) is 67.7 cm³/mol. The van der Waals surface area contributed by atoms with E-state index in [0.717, 1.165) is 23.3 Å². The van der Waals surface area contributed by atoms with Crippen LogP contribution in [0.2, 0.25) is 0 Å². The molecule has 88 valence electrons. The van der Waals surface area contributed by atoms with Gasteiger partial charge in [-0.05, 0) is 25.5 Å². The zero-order chi connectivity index (χ0) is 12.1. The fourth-order valence-electron chi connectivity index (χ4n) is 1.19. The second-order valence-corrected chi connectivity index (χ2v) is 4.72. The van der Waals surface area contributed by atoms with Crippen molar-refractivity contribution >= 4 is 11.8 Å². The highest BCUT2D eigenvalue weighted by molar-refractivity contribution is 7.99. The van der Waals surface area contributed by atoms with Gasteiger partial charge in [0.15, 0.2) is 0 Å². The highest BCUT2D eigenvalue weighted by Crippen LogP contribution is 2.23. The Morgan fingerprint density at radius 1 is 1.47 bits per heavy atom. The lowest BCUT2D eigenvalue weighted by atomic mass is 10.3. The maximum Gasteiger partial charge on any atom is 0.276 e. The van der Waals surface area contributed by atoms with Crippen LogP contribution in [0.4, 0.5) is 0 Å². The first-order valence-electron chi connectivity index (χ1n) is 5.27. The molecule has 0 aliphatic carbocycles. The molecule has 0 aromatic carbocycles. The molecule has 0 spiro atoms. The van der Waals surface area contributed by atoms with Crippen LogP contribution in [-0.4, -0.2) is 20.9 Å². The molecule has 0 unspecified atom stereocenters. The average molecular weight is 247 g/mol. The maximum absolute atomic E-state index is 5.52. The summed E-state index contributed by atoms with van der Waals surface area (Å²) in [5.41, 5.74) is 2.00. The van der Waals surface area contributed by atoms with Crippen LogP contribution in [-0.2, 0) is 0 Å². The van der Waals surface area contributed by atoms with Gasteiger partial charge in [-0.2, -0.15) is 0 Å². The van der Waals surface area contributed by atoms with E-state index < -0.39 is 0 Å². The van der Waals surface area contributed by atoms with E-state index in [-0.39, 0.29) is 0 Å². The SMILES string of the molecule is C=C(C)CCSc1nnc(-c2cccnc2)o1. The summed E-state index contributed by atoms with van der Waals surface area (Å²) in [5.74, 6) is 1.42. The summed E-state index contributed by atoms with van der Waals surface area (Å²) in [6, 6.07) is 3.73. The van der Waals surface area contributed by atoms with Crippen molar-refractivity contribution in [3.8, 4) is 11.5 Å². The van der Waals surface area contributed by atoms with Crippen LogP contribution >= 0.6 is 11.8 Å². The molecule has 2 heterocycles. The van der Waals surface area contributed by atoms with Gasteiger partial charge in [-0.25, -0.2) is 0 Å². The molecule has 2 aromatic rings. The van der Waals surface area contributed by atoms with Gasteiger partial charge in [0.1, 0.15) is 0 Å². The number of allylic oxidation sites excluding steroid dienone is 1. The molecule has 0 amide bonds. The molecule has 0 saturated carbocycles. The van der Waals surface area contributed by atoms with Gasteiger partial charge in [0, 0.05) is 18.1 Å². The quantitative estimate of drug-likeness (QED) is 0.600. The molecule has 5 heteroatoms. The van der Waals surface area contributed by atoms with E-state index in [0.29, 0.717) is 11.1 Å². The summed E-state index contributed by atoms with van der Waals surface area (Å²) < 4.78 is 5.52. The van der Waals surface area contributed by atoms with Crippen molar-refractivity contribution < 1.29 is 4.42 Å². The fourth-order valence-corrected chi connectivity index (χ4v) is 2.05. The van der Waals surface area contributed by atoms with Crippen LogP contribution in [0.15, 0.2) is 46.3 Å². The van der Waals surface area contributed by atoms with Crippen molar-refractivity contribution in [1.29, 1.82) is 0 Å². The monoisotopic (exact) mass is 247 g/mol. The topological polar surface area (TPSA) is 51.8 Å². The van der Waals surface area contributed by atoms with Crippen molar-refractivity contribution in [3.05, 3.63) is 36.7 Å². The molecule has 0 saturated heterocycles. The van der Waals surface area contributed by atoms with Gasteiger partial charge in [0.2, 0.25) is 5.89 Å². The molecule has 0 bridgehead atoms. The van der Waals surface area contributed by atoms with E-state index in [1.165, 1.54) is 0 Å². The molecular weight excluding hydrogens is 234 g/mol. The average Bonchev–Trinajstić information content (AvgIpc) is 2.78. The van der Waals surface area contributed by atoms with Gasteiger partial charge in [-0.1, -0.05) is 17.3 Å². The summed E-state index contributed by atoms with van der Waals surface area (Å²) in [4.78, 5) is 4.01. The number of rotatable bonds is 5. The van der Waals surface area contributed by atoms with Crippen LogP contribution in [0, 0.1) is 0 Å². The normalized spacial score (nSPS) is 10.4.